The van der Waals surface area contributed by atoms with Gasteiger partial charge >= 0.3 is 0 Å². The van der Waals surface area contributed by atoms with Gasteiger partial charge in [-0.25, -0.2) is 9.07 Å². The van der Waals surface area contributed by atoms with Crippen LogP contribution in [0.2, 0.25) is 0 Å². The second kappa shape index (κ2) is 9.97. The van der Waals surface area contributed by atoms with Gasteiger partial charge in [0.1, 0.15) is 17.6 Å². The number of piperazine rings is 1. The summed E-state index contributed by atoms with van der Waals surface area (Å²) in [6, 6.07) is 15.2. The minimum absolute atomic E-state index is 0.123. The molecule has 0 spiro atoms. The lowest BCUT2D eigenvalue weighted by Crippen LogP contribution is -2.51. The summed E-state index contributed by atoms with van der Waals surface area (Å²) in [5, 5.41) is 12.8. The molecule has 2 aliphatic rings. The summed E-state index contributed by atoms with van der Waals surface area (Å²) < 4.78 is 21.0. The number of halogens is 1. The summed E-state index contributed by atoms with van der Waals surface area (Å²) >= 11 is 0. The van der Waals surface area contributed by atoms with Crippen LogP contribution in [-0.4, -0.2) is 69.3 Å². The highest BCUT2D eigenvalue weighted by Gasteiger charge is 2.34. The Morgan fingerprint density at radius 3 is 2.45 bits per heavy atom. The first-order valence-corrected chi connectivity index (χ1v) is 11.8. The van der Waals surface area contributed by atoms with Gasteiger partial charge in [-0.3, -0.25) is 9.80 Å². The molecule has 1 aromatic heterocycles. The Morgan fingerprint density at radius 1 is 1.00 bits per heavy atom. The predicted molar refractivity (Wildman–Crippen MR) is 124 cm³/mol. The van der Waals surface area contributed by atoms with Crippen LogP contribution in [0.15, 0.2) is 48.5 Å². The molecule has 7 nitrogen and oxygen atoms in total. The van der Waals surface area contributed by atoms with Gasteiger partial charge in [-0.2, -0.15) is 0 Å². The zero-order valence-corrected chi connectivity index (χ0v) is 19.1. The van der Waals surface area contributed by atoms with Gasteiger partial charge < -0.3 is 4.74 Å². The summed E-state index contributed by atoms with van der Waals surface area (Å²) in [6.07, 6.45) is 5.36. The zero-order chi connectivity index (χ0) is 22.6. The van der Waals surface area contributed by atoms with Crippen molar-refractivity contribution >= 4 is 0 Å². The molecule has 0 N–H and O–H groups in total. The van der Waals surface area contributed by atoms with Gasteiger partial charge in [0.15, 0.2) is 5.82 Å². The molecule has 0 amide bonds. The first kappa shape index (κ1) is 22.0. The van der Waals surface area contributed by atoms with E-state index in [0.717, 1.165) is 54.9 Å². The monoisotopic (exact) mass is 450 g/mol. The second-order valence-electron chi connectivity index (χ2n) is 8.98. The lowest BCUT2D eigenvalue weighted by molar-refractivity contribution is 0.0764. The third-order valence-corrected chi connectivity index (χ3v) is 7.04. The molecule has 33 heavy (non-hydrogen) atoms. The Hall–Kier alpha value is -2.84. The molecule has 174 valence electrons. The molecule has 1 saturated carbocycles. The molecule has 2 fully saturated rings. The Balaban J connectivity index is 1.44. The van der Waals surface area contributed by atoms with Crippen LogP contribution in [0, 0.1) is 5.82 Å². The average Bonchev–Trinajstić information content (AvgIpc) is 3.55. The van der Waals surface area contributed by atoms with Crippen molar-refractivity contribution in [1.29, 1.82) is 0 Å². The molecular formula is C25H31FN6O. The summed E-state index contributed by atoms with van der Waals surface area (Å²) in [5.74, 6) is 1.36. The maximum absolute atomic E-state index is 13.4. The Kier molecular flexibility index (Phi) is 6.64. The highest BCUT2D eigenvalue weighted by atomic mass is 19.1. The van der Waals surface area contributed by atoms with Crippen molar-refractivity contribution in [3.63, 3.8) is 0 Å². The van der Waals surface area contributed by atoms with Crippen molar-refractivity contribution in [3.05, 3.63) is 71.3 Å². The van der Waals surface area contributed by atoms with Gasteiger partial charge in [-0.15, -0.1) is 5.10 Å². The SMILES string of the molecule is COc1ccccc1[C@H](c1nnnn1Cc1ccc(F)cc1)N1CCN(C2CCCC2)CC1. The van der Waals surface area contributed by atoms with E-state index in [1.807, 2.05) is 22.9 Å². The van der Waals surface area contributed by atoms with Crippen LogP contribution in [0.3, 0.4) is 0 Å². The van der Waals surface area contributed by atoms with Crippen LogP contribution in [0.25, 0.3) is 0 Å². The maximum Gasteiger partial charge on any atom is 0.173 e. The van der Waals surface area contributed by atoms with Crippen molar-refractivity contribution in [2.24, 2.45) is 0 Å². The molecule has 0 unspecified atom stereocenters. The van der Waals surface area contributed by atoms with Crippen LogP contribution in [0.4, 0.5) is 4.39 Å². The molecule has 1 aliphatic heterocycles. The molecular weight excluding hydrogens is 419 g/mol. The highest BCUT2D eigenvalue weighted by Crippen LogP contribution is 2.35. The molecule has 8 heteroatoms. The number of benzene rings is 2. The maximum atomic E-state index is 13.4. The minimum Gasteiger partial charge on any atom is -0.496 e. The van der Waals surface area contributed by atoms with E-state index in [2.05, 4.69) is 31.4 Å². The summed E-state index contributed by atoms with van der Waals surface area (Å²) in [7, 11) is 1.70. The number of ether oxygens (including phenoxy) is 1. The van der Waals surface area contributed by atoms with E-state index in [9.17, 15) is 4.39 Å². The van der Waals surface area contributed by atoms with Crippen molar-refractivity contribution in [3.8, 4) is 5.75 Å². The predicted octanol–water partition coefficient (Wildman–Crippen LogP) is 3.52. The fourth-order valence-corrected chi connectivity index (χ4v) is 5.30. The number of nitrogens with zero attached hydrogens (tertiary/aromatic N) is 6. The number of rotatable bonds is 7. The van der Waals surface area contributed by atoms with Crippen LogP contribution >= 0.6 is 0 Å². The molecule has 1 atom stereocenters. The second-order valence-corrected chi connectivity index (χ2v) is 8.98. The number of para-hydroxylation sites is 1. The normalized spacial score (nSPS) is 19.1. The number of methoxy groups -OCH3 is 1. The fraction of sp³-hybridized carbons (Fsp3) is 0.480. The summed E-state index contributed by atoms with van der Waals surface area (Å²) in [5.41, 5.74) is 2.01. The van der Waals surface area contributed by atoms with Crippen LogP contribution in [0.1, 0.15) is 48.7 Å². The van der Waals surface area contributed by atoms with Gasteiger partial charge in [0.05, 0.1) is 13.7 Å². The third kappa shape index (κ3) is 4.77. The quantitative estimate of drug-likeness (QED) is 0.549. The molecule has 5 rings (SSSR count). The molecule has 2 aromatic carbocycles. The van der Waals surface area contributed by atoms with Crippen LogP contribution < -0.4 is 4.74 Å². The van der Waals surface area contributed by atoms with E-state index in [1.165, 1.54) is 37.8 Å². The number of aromatic nitrogens is 4. The zero-order valence-electron chi connectivity index (χ0n) is 19.1. The van der Waals surface area contributed by atoms with Gasteiger partial charge in [0, 0.05) is 37.8 Å². The molecule has 0 bridgehead atoms. The van der Waals surface area contributed by atoms with Gasteiger partial charge in [0.25, 0.3) is 0 Å². The number of hydrogen-bond donors (Lipinski definition) is 0. The average molecular weight is 451 g/mol. The molecule has 1 aliphatic carbocycles. The van der Waals surface area contributed by atoms with Gasteiger partial charge in [0.2, 0.25) is 0 Å². The van der Waals surface area contributed by atoms with Crippen molar-refractivity contribution in [2.45, 2.75) is 44.3 Å². The van der Waals surface area contributed by atoms with Crippen LogP contribution in [0.5, 0.6) is 5.75 Å². The van der Waals surface area contributed by atoms with E-state index < -0.39 is 0 Å². The van der Waals surface area contributed by atoms with E-state index in [-0.39, 0.29) is 11.9 Å². The molecule has 1 saturated heterocycles. The van der Waals surface area contributed by atoms with E-state index >= 15 is 0 Å². The highest BCUT2D eigenvalue weighted by molar-refractivity contribution is 5.39. The van der Waals surface area contributed by atoms with Crippen molar-refractivity contribution in [2.75, 3.05) is 33.3 Å². The smallest absolute Gasteiger partial charge is 0.173 e. The van der Waals surface area contributed by atoms with Crippen LogP contribution in [-0.2, 0) is 6.54 Å². The summed E-state index contributed by atoms with van der Waals surface area (Å²) in [6.45, 7) is 4.48. The Labute approximate surface area is 194 Å². The minimum atomic E-state index is -0.247. The van der Waals surface area contributed by atoms with Crippen molar-refractivity contribution in [1.82, 2.24) is 30.0 Å². The van der Waals surface area contributed by atoms with E-state index in [1.54, 1.807) is 19.2 Å². The standard InChI is InChI=1S/C25H31FN6O/c1-33-23-9-5-4-8-22(23)24(31-16-14-30(15-17-31)21-6-2-3-7-21)25-27-28-29-32(25)18-19-10-12-20(26)13-11-19/h4-5,8-13,21,24H,2-3,6-7,14-18H2,1H3/t24-/m1/s1. The first-order valence-electron chi connectivity index (χ1n) is 11.8. The van der Waals surface area contributed by atoms with E-state index in [0.29, 0.717) is 6.54 Å². The Morgan fingerprint density at radius 2 is 1.73 bits per heavy atom. The molecule has 0 radical (unpaired) electrons. The Bertz CT molecular complexity index is 1040. The number of tetrazole rings is 1. The number of hydrogen-bond acceptors (Lipinski definition) is 6. The van der Waals surface area contributed by atoms with E-state index in [4.69, 9.17) is 4.74 Å². The molecule has 3 aromatic rings. The van der Waals surface area contributed by atoms with Crippen molar-refractivity contribution < 1.29 is 9.13 Å². The summed E-state index contributed by atoms with van der Waals surface area (Å²) in [4.78, 5) is 5.13. The lowest BCUT2D eigenvalue weighted by atomic mass is 10.0. The van der Waals surface area contributed by atoms with Gasteiger partial charge in [-0.05, 0) is 47.0 Å². The lowest BCUT2D eigenvalue weighted by Gasteiger charge is -2.41. The largest absolute Gasteiger partial charge is 0.496 e. The first-order chi connectivity index (χ1) is 16.2. The third-order valence-electron chi connectivity index (χ3n) is 7.04. The fourth-order valence-electron chi connectivity index (χ4n) is 5.30. The molecule has 2 heterocycles. The van der Waals surface area contributed by atoms with Gasteiger partial charge in [-0.1, -0.05) is 43.2 Å². The topological polar surface area (TPSA) is 59.3 Å².